The van der Waals surface area contributed by atoms with Gasteiger partial charge in [-0.2, -0.15) is 105 Å². The first kappa shape index (κ1) is 46.3. The first-order valence-electron chi connectivity index (χ1n) is 13.3. The van der Waals surface area contributed by atoms with Crippen LogP contribution in [0.4, 0.5) is 117 Å². The molecule has 0 saturated carbocycles. The van der Waals surface area contributed by atoms with E-state index >= 15 is 0 Å². The fraction of sp³-hybridized carbons (Fsp3) is 0.462. The maximum Gasteiger partial charge on any atom is 0.430 e. The summed E-state index contributed by atoms with van der Waals surface area (Å²) < 4.78 is 337. The fourth-order valence-electron chi connectivity index (χ4n) is 5.59. The van der Waals surface area contributed by atoms with Crippen LogP contribution in [0.2, 0.25) is 0 Å². The summed E-state index contributed by atoms with van der Waals surface area (Å²) in [7, 11) is 0. The van der Waals surface area contributed by atoms with E-state index in [-0.39, 0.29) is 0 Å². The summed E-state index contributed by atoms with van der Waals surface area (Å²) in [5.74, 6) is 0. The molecule has 0 unspecified atom stereocenters. The molecule has 0 aliphatic carbocycles. The highest BCUT2D eigenvalue weighted by molar-refractivity contribution is 6.13. The van der Waals surface area contributed by atoms with Gasteiger partial charge in [0, 0.05) is 33.6 Å². The molecule has 3 rings (SSSR count). The number of alkyl halides is 24. The standard InChI is InChI=1S/C26H12F24N2O4/c27-19(28,29)15(53,20(30,31)32)9-3-7-5(11(13(9)51)17(55,23(39,40)41)24(42,43)44)1-2-6-8(7)4-10(16(54,21(33,34)35)22(36,37)38)14(52)12(6)18(56,25(45,46)47)26(48,49)50/h1-4,53-56H,51-52H2. The van der Waals surface area contributed by atoms with Crippen molar-refractivity contribution in [3.05, 3.63) is 46.5 Å². The van der Waals surface area contributed by atoms with Crippen molar-refractivity contribution >= 4 is 32.9 Å². The number of hydrogen-bond acceptors (Lipinski definition) is 6. The molecule has 3 aromatic carbocycles. The molecule has 0 aliphatic rings. The van der Waals surface area contributed by atoms with Crippen molar-refractivity contribution in [2.75, 3.05) is 11.5 Å². The maximum absolute atomic E-state index is 14.1. The molecule has 0 saturated heterocycles. The Morgan fingerprint density at radius 3 is 0.643 bits per heavy atom. The molecule has 8 N–H and O–H groups in total. The minimum atomic E-state index is -7.49. The highest BCUT2D eigenvalue weighted by Gasteiger charge is 2.77. The van der Waals surface area contributed by atoms with E-state index in [4.69, 9.17) is 11.5 Å². The molecule has 0 radical (unpaired) electrons. The van der Waals surface area contributed by atoms with Crippen molar-refractivity contribution in [2.45, 2.75) is 71.8 Å². The highest BCUT2D eigenvalue weighted by atomic mass is 19.4. The topological polar surface area (TPSA) is 133 Å². The quantitative estimate of drug-likeness (QED) is 0.0887. The summed E-state index contributed by atoms with van der Waals surface area (Å²) in [5.41, 5.74) is -38.9. The summed E-state index contributed by atoms with van der Waals surface area (Å²) >= 11 is 0. The Bertz CT molecular complexity index is 1830. The molecule has 0 aromatic heterocycles. The van der Waals surface area contributed by atoms with Crippen LogP contribution >= 0.6 is 0 Å². The van der Waals surface area contributed by atoms with Gasteiger partial charge in [0.1, 0.15) is 0 Å². The summed E-state index contributed by atoms with van der Waals surface area (Å²) in [4.78, 5) is 0. The first-order chi connectivity index (χ1) is 24.3. The molecule has 0 heterocycles. The second-order valence-corrected chi connectivity index (χ2v) is 11.5. The molecule has 0 atom stereocenters. The molecule has 0 amide bonds. The van der Waals surface area contributed by atoms with E-state index in [0.29, 0.717) is 0 Å². The van der Waals surface area contributed by atoms with Crippen LogP contribution in [0, 0.1) is 0 Å². The van der Waals surface area contributed by atoms with Crippen molar-refractivity contribution in [1.82, 2.24) is 0 Å². The van der Waals surface area contributed by atoms with Gasteiger partial charge in [-0.1, -0.05) is 12.1 Å². The second kappa shape index (κ2) is 12.2. The van der Waals surface area contributed by atoms with Gasteiger partial charge in [-0.15, -0.1) is 0 Å². The van der Waals surface area contributed by atoms with Crippen molar-refractivity contribution in [3.63, 3.8) is 0 Å². The summed E-state index contributed by atoms with van der Waals surface area (Å²) in [6, 6.07) is -4.03. The lowest BCUT2D eigenvalue weighted by Gasteiger charge is -2.39. The van der Waals surface area contributed by atoms with E-state index in [1.807, 2.05) is 0 Å². The first-order valence-corrected chi connectivity index (χ1v) is 13.3. The normalized spacial score (nSPS) is 15.6. The molecule has 0 fully saturated rings. The minimum absolute atomic E-state index is 0.731. The van der Waals surface area contributed by atoms with E-state index in [2.05, 4.69) is 0 Å². The molecular weight excluding hydrogens is 860 g/mol. The van der Waals surface area contributed by atoms with Gasteiger partial charge in [-0.3, -0.25) is 0 Å². The van der Waals surface area contributed by atoms with Gasteiger partial charge in [-0.25, -0.2) is 0 Å². The zero-order chi connectivity index (χ0) is 44.6. The van der Waals surface area contributed by atoms with Crippen LogP contribution in [0.15, 0.2) is 24.3 Å². The number of rotatable bonds is 4. The van der Waals surface area contributed by atoms with Crippen LogP contribution in [-0.4, -0.2) is 69.8 Å². The lowest BCUT2D eigenvalue weighted by molar-refractivity contribution is -0.378. The summed E-state index contributed by atoms with van der Waals surface area (Å²) in [6.45, 7) is 0. The zero-order valence-corrected chi connectivity index (χ0v) is 25.3. The van der Waals surface area contributed by atoms with Crippen molar-refractivity contribution in [1.29, 1.82) is 0 Å². The number of halogens is 24. The SMILES string of the molecule is Nc1c(C(O)(C(F)(F)F)C(F)(F)F)cc2c(ccc3c(C(O)(C(F)(F)F)C(F)(F)F)c(N)c(C(O)(C(F)(F)F)C(F)(F)F)cc32)c1C(O)(C(F)(F)F)C(F)(F)F. The number of fused-ring (bicyclic) bond motifs is 3. The molecule has 56 heavy (non-hydrogen) atoms. The van der Waals surface area contributed by atoms with E-state index in [9.17, 15) is 126 Å². The second-order valence-electron chi connectivity index (χ2n) is 11.5. The smallest absolute Gasteiger partial charge is 0.398 e. The van der Waals surface area contributed by atoms with E-state index in [1.165, 1.54) is 0 Å². The largest absolute Gasteiger partial charge is 0.430 e. The molecule has 318 valence electrons. The Kier molecular flexibility index (Phi) is 10.1. The molecule has 30 heteroatoms. The Balaban J connectivity index is 3.16. The predicted octanol–water partition coefficient (Wildman–Crippen LogP) is 8.41. The Morgan fingerprint density at radius 1 is 0.304 bits per heavy atom. The van der Waals surface area contributed by atoms with Gasteiger partial charge in [0.05, 0.1) is 0 Å². The lowest BCUT2D eigenvalue weighted by atomic mass is 9.76. The number of nitrogen functional groups attached to an aromatic ring is 2. The Labute approximate surface area is 289 Å². The molecule has 6 nitrogen and oxygen atoms in total. The number of anilines is 2. The monoisotopic (exact) mass is 872 g/mol. The third-order valence-electron chi connectivity index (χ3n) is 8.31. The van der Waals surface area contributed by atoms with Gasteiger partial charge >= 0.3 is 49.4 Å². The van der Waals surface area contributed by atoms with Crippen LogP contribution in [-0.2, 0) is 22.4 Å². The van der Waals surface area contributed by atoms with Gasteiger partial charge in [0.2, 0.25) is 0 Å². The van der Waals surface area contributed by atoms with E-state index in [1.54, 1.807) is 0 Å². The number of aliphatic hydroxyl groups is 4. The highest BCUT2D eigenvalue weighted by Crippen LogP contribution is 2.62. The number of benzene rings is 3. The third kappa shape index (κ3) is 6.02. The van der Waals surface area contributed by atoms with Crippen LogP contribution in [0.25, 0.3) is 21.5 Å². The fourth-order valence-corrected chi connectivity index (χ4v) is 5.59. The zero-order valence-electron chi connectivity index (χ0n) is 25.3. The van der Waals surface area contributed by atoms with Gasteiger partial charge < -0.3 is 31.9 Å². The average molecular weight is 872 g/mol. The number of nitrogens with two attached hydrogens (primary N) is 2. The Morgan fingerprint density at radius 2 is 0.482 bits per heavy atom. The third-order valence-corrected chi connectivity index (χ3v) is 8.31. The maximum atomic E-state index is 14.1. The van der Waals surface area contributed by atoms with Crippen LogP contribution in [0.3, 0.4) is 0 Å². The molecular formula is C26H12F24N2O4. The van der Waals surface area contributed by atoms with Crippen LogP contribution in [0.1, 0.15) is 22.3 Å². The van der Waals surface area contributed by atoms with Gasteiger partial charge in [-0.05, 0) is 33.7 Å². The lowest BCUT2D eigenvalue weighted by Crippen LogP contribution is -2.56. The summed E-state index contributed by atoms with van der Waals surface area (Å²) in [6.07, 6.45) is -59.9. The van der Waals surface area contributed by atoms with Crippen molar-refractivity contribution in [2.24, 2.45) is 0 Å². The van der Waals surface area contributed by atoms with Crippen LogP contribution in [0.5, 0.6) is 0 Å². The van der Waals surface area contributed by atoms with Crippen molar-refractivity contribution in [3.8, 4) is 0 Å². The molecule has 0 bridgehead atoms. The van der Waals surface area contributed by atoms with E-state index < -0.39 is 151 Å². The number of hydrogen-bond donors (Lipinski definition) is 6. The molecule has 3 aromatic rings. The minimum Gasteiger partial charge on any atom is -0.398 e. The predicted molar refractivity (Wildman–Crippen MR) is 134 cm³/mol. The summed E-state index contributed by atoms with van der Waals surface area (Å²) in [5, 5.41) is 29.4. The average Bonchev–Trinajstić information content (AvgIpc) is 2.94. The van der Waals surface area contributed by atoms with Gasteiger partial charge in [0.15, 0.2) is 0 Å². The molecule has 0 spiro atoms. The molecule has 0 aliphatic heterocycles. The Hall–Kier alpha value is -4.06. The van der Waals surface area contributed by atoms with Crippen LogP contribution < -0.4 is 11.5 Å². The van der Waals surface area contributed by atoms with Crippen molar-refractivity contribution < 1.29 is 126 Å². The van der Waals surface area contributed by atoms with Gasteiger partial charge in [0.25, 0.3) is 22.4 Å². The van der Waals surface area contributed by atoms with E-state index in [0.717, 1.165) is 0 Å².